The van der Waals surface area contributed by atoms with Crippen molar-refractivity contribution in [2.75, 3.05) is 13.2 Å². The maximum Gasteiger partial charge on any atom is 0.191 e. The second-order valence-corrected chi connectivity index (χ2v) is 11.7. The fourth-order valence-corrected chi connectivity index (χ4v) is 2.80. The van der Waals surface area contributed by atoms with E-state index in [2.05, 4.69) is 33.9 Å². The molecule has 0 radical (unpaired) electrons. The summed E-state index contributed by atoms with van der Waals surface area (Å²) >= 11 is 0. The first kappa shape index (κ1) is 17.4. The van der Waals surface area contributed by atoms with Gasteiger partial charge in [0.2, 0.25) is 0 Å². The van der Waals surface area contributed by atoms with Gasteiger partial charge in [-0.3, -0.25) is 0 Å². The largest absolute Gasteiger partial charge is 0.417 e. The molecule has 0 heterocycles. The first-order valence-electron chi connectivity index (χ1n) is 7.15. The van der Waals surface area contributed by atoms with Crippen LogP contribution in [0.15, 0.2) is 30.3 Å². The van der Waals surface area contributed by atoms with Gasteiger partial charge in [-0.25, -0.2) is 0 Å². The number of hydrogen-bond donors (Lipinski definition) is 2. The van der Waals surface area contributed by atoms with Gasteiger partial charge < -0.3 is 14.6 Å². The second-order valence-electron chi connectivity index (χ2n) is 6.91. The lowest BCUT2D eigenvalue weighted by atomic mass is 9.92. The molecular weight excluding hydrogens is 268 g/mol. The van der Waals surface area contributed by atoms with Crippen LogP contribution >= 0.6 is 0 Å². The molecule has 0 saturated heterocycles. The fraction of sp³-hybridized carbons (Fsp3) is 0.625. The molecule has 0 aliphatic rings. The van der Waals surface area contributed by atoms with Crippen molar-refractivity contribution < 1.29 is 14.6 Å². The van der Waals surface area contributed by atoms with E-state index in [0.717, 1.165) is 5.56 Å². The zero-order chi connectivity index (χ0) is 15.4. The third-order valence-electron chi connectivity index (χ3n) is 4.36. The Bertz CT molecular complexity index is 411. The molecule has 0 aliphatic carbocycles. The first-order valence-corrected chi connectivity index (χ1v) is 10.1. The summed E-state index contributed by atoms with van der Waals surface area (Å²) in [5.41, 5.74) is -0.481. The van der Waals surface area contributed by atoms with Crippen LogP contribution in [0.1, 0.15) is 32.8 Å². The third kappa shape index (κ3) is 4.15. The van der Waals surface area contributed by atoms with Crippen molar-refractivity contribution in [3.05, 3.63) is 35.9 Å². The lowest BCUT2D eigenvalue weighted by Crippen LogP contribution is -2.42. The van der Waals surface area contributed by atoms with Crippen molar-refractivity contribution in [1.82, 2.24) is 0 Å². The van der Waals surface area contributed by atoms with Crippen LogP contribution in [0, 0.1) is 0 Å². The molecule has 20 heavy (non-hydrogen) atoms. The number of benzene rings is 1. The molecule has 3 nitrogen and oxygen atoms in total. The predicted octanol–water partition coefficient (Wildman–Crippen LogP) is 3.28. The Morgan fingerprint density at radius 3 is 2.10 bits per heavy atom. The number of hydrogen-bond acceptors (Lipinski definition) is 3. The summed E-state index contributed by atoms with van der Waals surface area (Å²) in [6, 6.07) is 9.30. The standard InChI is InChI=1S/C16H28O3Si/c1-15(2,3)20(4,5)19-12-11-16(18,13-17)14-9-7-6-8-10-14/h6-10,17-18H,11-13H2,1-5H3/t16-/m0/s1. The van der Waals surface area contributed by atoms with E-state index in [0.29, 0.717) is 13.0 Å². The van der Waals surface area contributed by atoms with E-state index in [4.69, 9.17) is 4.43 Å². The predicted molar refractivity (Wildman–Crippen MR) is 85.2 cm³/mol. The summed E-state index contributed by atoms with van der Waals surface area (Å²) in [7, 11) is -1.81. The molecule has 1 aromatic rings. The molecule has 2 N–H and O–H groups in total. The smallest absolute Gasteiger partial charge is 0.191 e. The molecule has 0 spiro atoms. The van der Waals surface area contributed by atoms with Crippen molar-refractivity contribution in [2.24, 2.45) is 0 Å². The van der Waals surface area contributed by atoms with Crippen LogP contribution in [-0.2, 0) is 10.0 Å². The monoisotopic (exact) mass is 296 g/mol. The molecular formula is C16H28O3Si. The van der Waals surface area contributed by atoms with Crippen molar-refractivity contribution in [2.45, 2.75) is 50.9 Å². The van der Waals surface area contributed by atoms with E-state index in [1.54, 1.807) is 0 Å². The van der Waals surface area contributed by atoms with Gasteiger partial charge in [0.25, 0.3) is 0 Å². The van der Waals surface area contributed by atoms with Crippen molar-refractivity contribution in [3.8, 4) is 0 Å². The van der Waals surface area contributed by atoms with Gasteiger partial charge in [-0.2, -0.15) is 0 Å². The van der Waals surface area contributed by atoms with E-state index in [9.17, 15) is 10.2 Å². The Morgan fingerprint density at radius 1 is 1.10 bits per heavy atom. The van der Waals surface area contributed by atoms with E-state index >= 15 is 0 Å². The van der Waals surface area contributed by atoms with Crippen LogP contribution in [0.2, 0.25) is 18.1 Å². The molecule has 1 atom stereocenters. The molecule has 1 aromatic carbocycles. The fourth-order valence-electron chi connectivity index (χ4n) is 1.75. The molecule has 0 aliphatic heterocycles. The minimum absolute atomic E-state index is 0.150. The zero-order valence-corrected chi connectivity index (χ0v) is 14.3. The number of aliphatic hydroxyl groups excluding tert-OH is 1. The summed E-state index contributed by atoms with van der Waals surface area (Å²) in [5, 5.41) is 20.3. The van der Waals surface area contributed by atoms with E-state index < -0.39 is 13.9 Å². The Labute approximate surface area is 123 Å². The van der Waals surface area contributed by atoms with Gasteiger partial charge in [0.1, 0.15) is 5.60 Å². The van der Waals surface area contributed by atoms with Crippen molar-refractivity contribution in [3.63, 3.8) is 0 Å². The van der Waals surface area contributed by atoms with Crippen LogP contribution in [0.3, 0.4) is 0 Å². The highest BCUT2D eigenvalue weighted by Crippen LogP contribution is 2.37. The first-order chi connectivity index (χ1) is 9.12. The Hall–Kier alpha value is -0.683. The van der Waals surface area contributed by atoms with Gasteiger partial charge in [-0.15, -0.1) is 0 Å². The third-order valence-corrected chi connectivity index (χ3v) is 8.90. The molecule has 1 rings (SSSR count). The Kier molecular flexibility index (Phi) is 5.55. The average molecular weight is 296 g/mol. The summed E-state index contributed by atoms with van der Waals surface area (Å²) in [6.45, 7) is 11.1. The van der Waals surface area contributed by atoms with Crippen LogP contribution in [0.25, 0.3) is 0 Å². The summed E-state index contributed by atoms with van der Waals surface area (Å²) in [6.07, 6.45) is 0.403. The number of aliphatic hydroxyl groups is 2. The number of rotatable bonds is 6. The lowest BCUT2D eigenvalue weighted by molar-refractivity contribution is -0.0355. The van der Waals surface area contributed by atoms with Gasteiger partial charge in [0.05, 0.1) is 6.61 Å². The normalized spacial score (nSPS) is 15.9. The van der Waals surface area contributed by atoms with Gasteiger partial charge >= 0.3 is 0 Å². The Morgan fingerprint density at radius 2 is 1.65 bits per heavy atom. The lowest BCUT2D eigenvalue weighted by Gasteiger charge is -2.37. The quantitative estimate of drug-likeness (QED) is 0.792. The van der Waals surface area contributed by atoms with E-state index in [1.807, 2.05) is 30.3 Å². The molecule has 4 heteroatoms. The molecule has 0 amide bonds. The van der Waals surface area contributed by atoms with Crippen molar-refractivity contribution >= 4 is 8.32 Å². The molecule has 0 bridgehead atoms. The molecule has 0 fully saturated rings. The minimum atomic E-state index is -1.81. The van der Waals surface area contributed by atoms with Crippen LogP contribution in [0.4, 0.5) is 0 Å². The summed E-state index contributed by atoms with van der Waals surface area (Å²) < 4.78 is 6.08. The second kappa shape index (κ2) is 6.39. The van der Waals surface area contributed by atoms with Gasteiger partial charge in [-0.05, 0) is 23.7 Å². The van der Waals surface area contributed by atoms with Gasteiger partial charge in [0, 0.05) is 13.0 Å². The zero-order valence-electron chi connectivity index (χ0n) is 13.3. The SMILES string of the molecule is CC(C)(C)[Si](C)(C)OCC[C@](O)(CO)c1ccccc1. The molecule has 0 unspecified atom stereocenters. The maximum absolute atomic E-state index is 10.6. The minimum Gasteiger partial charge on any atom is -0.417 e. The molecule has 114 valence electrons. The van der Waals surface area contributed by atoms with Crippen LogP contribution in [-0.4, -0.2) is 31.7 Å². The van der Waals surface area contributed by atoms with Gasteiger partial charge in [0.15, 0.2) is 8.32 Å². The van der Waals surface area contributed by atoms with Crippen LogP contribution < -0.4 is 0 Å². The summed E-state index contributed by atoms with van der Waals surface area (Å²) in [4.78, 5) is 0. The topological polar surface area (TPSA) is 49.7 Å². The van der Waals surface area contributed by atoms with Gasteiger partial charge in [-0.1, -0.05) is 51.1 Å². The Balaban J connectivity index is 2.68. The maximum atomic E-state index is 10.6. The summed E-state index contributed by atoms with van der Waals surface area (Å²) in [5.74, 6) is 0. The van der Waals surface area contributed by atoms with E-state index in [1.165, 1.54) is 0 Å². The highest BCUT2D eigenvalue weighted by Gasteiger charge is 2.38. The highest BCUT2D eigenvalue weighted by molar-refractivity contribution is 6.74. The van der Waals surface area contributed by atoms with Crippen molar-refractivity contribution in [1.29, 1.82) is 0 Å². The van der Waals surface area contributed by atoms with Crippen LogP contribution in [0.5, 0.6) is 0 Å². The van der Waals surface area contributed by atoms with E-state index in [-0.39, 0.29) is 11.6 Å². The molecule has 0 aromatic heterocycles. The molecule has 0 saturated carbocycles. The highest BCUT2D eigenvalue weighted by atomic mass is 28.4. The average Bonchev–Trinajstić information content (AvgIpc) is 2.38.